The van der Waals surface area contributed by atoms with Crippen molar-refractivity contribution in [2.45, 2.75) is 39.2 Å². The molecule has 1 amide bonds. The number of carbonyl (C=O) groups excluding carboxylic acids is 1. The van der Waals surface area contributed by atoms with Gasteiger partial charge in [0.1, 0.15) is 0 Å². The third kappa shape index (κ3) is 1.68. The molecule has 0 aliphatic carbocycles. The van der Waals surface area contributed by atoms with Crippen LogP contribution in [0.2, 0.25) is 0 Å². The van der Waals surface area contributed by atoms with E-state index in [4.69, 9.17) is 0 Å². The maximum atomic E-state index is 12.1. The fraction of sp³-hybridized carbons (Fsp3) is 0.438. The molecule has 0 saturated carbocycles. The number of nitrogens with one attached hydrogen (secondary N) is 1. The first-order chi connectivity index (χ1) is 9.05. The van der Waals surface area contributed by atoms with Crippen LogP contribution < -0.4 is 0 Å². The molecule has 2 aromatic rings. The van der Waals surface area contributed by atoms with Gasteiger partial charge in [-0.15, -0.1) is 0 Å². The summed E-state index contributed by atoms with van der Waals surface area (Å²) in [5, 5.41) is 1.30. The highest BCUT2D eigenvalue weighted by atomic mass is 16.2. The SMILES string of the molecule is CCC(=O)N1CCc2c([nH]c3ccccc23)C1(C)C. The number of carbonyl (C=O) groups is 1. The Kier molecular flexibility index (Phi) is 2.66. The smallest absolute Gasteiger partial charge is 0.223 e. The molecule has 1 aliphatic rings. The molecule has 3 rings (SSSR count). The molecular formula is C16H20N2O. The zero-order valence-electron chi connectivity index (χ0n) is 11.8. The van der Waals surface area contributed by atoms with E-state index in [9.17, 15) is 4.79 Å². The minimum absolute atomic E-state index is 0.231. The van der Waals surface area contributed by atoms with E-state index in [0.29, 0.717) is 6.42 Å². The van der Waals surface area contributed by atoms with Crippen molar-refractivity contribution in [2.24, 2.45) is 0 Å². The van der Waals surface area contributed by atoms with Crippen molar-refractivity contribution in [3.05, 3.63) is 35.5 Å². The van der Waals surface area contributed by atoms with E-state index in [0.717, 1.165) is 13.0 Å². The number of para-hydroxylation sites is 1. The zero-order valence-corrected chi connectivity index (χ0v) is 11.8. The van der Waals surface area contributed by atoms with E-state index in [2.05, 4.69) is 37.0 Å². The summed E-state index contributed by atoms with van der Waals surface area (Å²) >= 11 is 0. The molecular weight excluding hydrogens is 236 g/mol. The molecule has 1 aromatic carbocycles. The van der Waals surface area contributed by atoms with E-state index in [-0.39, 0.29) is 11.4 Å². The largest absolute Gasteiger partial charge is 0.356 e. The highest BCUT2D eigenvalue weighted by Crippen LogP contribution is 2.38. The van der Waals surface area contributed by atoms with Gasteiger partial charge in [0.2, 0.25) is 5.91 Å². The van der Waals surface area contributed by atoms with Crippen LogP contribution in [0.5, 0.6) is 0 Å². The minimum Gasteiger partial charge on any atom is -0.356 e. The average Bonchev–Trinajstić information content (AvgIpc) is 2.78. The van der Waals surface area contributed by atoms with Crippen molar-refractivity contribution < 1.29 is 4.79 Å². The normalized spacial score (nSPS) is 17.5. The molecule has 0 spiro atoms. The molecule has 2 heterocycles. The van der Waals surface area contributed by atoms with Gasteiger partial charge in [-0.2, -0.15) is 0 Å². The van der Waals surface area contributed by atoms with Crippen LogP contribution in [-0.2, 0) is 16.8 Å². The zero-order chi connectivity index (χ0) is 13.6. The average molecular weight is 256 g/mol. The van der Waals surface area contributed by atoms with Gasteiger partial charge in [0.15, 0.2) is 0 Å². The van der Waals surface area contributed by atoms with Crippen LogP contribution in [0.3, 0.4) is 0 Å². The van der Waals surface area contributed by atoms with Gasteiger partial charge in [0.25, 0.3) is 0 Å². The molecule has 3 heteroatoms. The lowest BCUT2D eigenvalue weighted by Crippen LogP contribution is -2.49. The first-order valence-corrected chi connectivity index (χ1v) is 6.96. The lowest BCUT2D eigenvalue weighted by Gasteiger charge is -2.42. The predicted molar refractivity (Wildman–Crippen MR) is 77.0 cm³/mol. The molecule has 1 aromatic heterocycles. The molecule has 1 aliphatic heterocycles. The summed E-state index contributed by atoms with van der Waals surface area (Å²) in [7, 11) is 0. The first-order valence-electron chi connectivity index (χ1n) is 6.96. The Bertz CT molecular complexity index is 639. The molecule has 3 nitrogen and oxygen atoms in total. The number of aromatic amines is 1. The van der Waals surface area contributed by atoms with E-state index >= 15 is 0 Å². The summed E-state index contributed by atoms with van der Waals surface area (Å²) in [6, 6.07) is 8.40. The molecule has 0 radical (unpaired) electrons. The molecule has 1 N–H and O–H groups in total. The number of amides is 1. The van der Waals surface area contributed by atoms with Crippen LogP contribution in [0, 0.1) is 0 Å². The Morgan fingerprint density at radius 3 is 2.84 bits per heavy atom. The van der Waals surface area contributed by atoms with Crippen molar-refractivity contribution in [3.63, 3.8) is 0 Å². The predicted octanol–water partition coefficient (Wildman–Crippen LogP) is 3.20. The molecule has 0 saturated heterocycles. The van der Waals surface area contributed by atoms with Gasteiger partial charge < -0.3 is 9.88 Å². The molecule has 0 atom stereocenters. The minimum atomic E-state index is -0.250. The van der Waals surface area contributed by atoms with Crippen molar-refractivity contribution in [2.75, 3.05) is 6.54 Å². The van der Waals surface area contributed by atoms with E-state index in [1.165, 1.54) is 22.2 Å². The summed E-state index contributed by atoms with van der Waals surface area (Å²) in [4.78, 5) is 17.6. The van der Waals surface area contributed by atoms with Crippen LogP contribution in [0.1, 0.15) is 38.4 Å². The van der Waals surface area contributed by atoms with Crippen LogP contribution in [-0.4, -0.2) is 22.3 Å². The molecule has 0 bridgehead atoms. The van der Waals surface area contributed by atoms with Crippen molar-refractivity contribution in [1.29, 1.82) is 0 Å². The van der Waals surface area contributed by atoms with Gasteiger partial charge in [-0.25, -0.2) is 0 Å². The van der Waals surface area contributed by atoms with Crippen LogP contribution in [0.25, 0.3) is 10.9 Å². The summed E-state index contributed by atoms with van der Waals surface area (Å²) in [5.41, 5.74) is 3.49. The first kappa shape index (κ1) is 12.3. The van der Waals surface area contributed by atoms with Crippen LogP contribution in [0.15, 0.2) is 24.3 Å². The number of rotatable bonds is 1. The maximum absolute atomic E-state index is 12.1. The number of benzene rings is 1. The Balaban J connectivity index is 2.16. The standard InChI is InChI=1S/C16H20N2O/c1-4-14(19)18-10-9-12-11-7-5-6-8-13(11)17-15(12)16(18,2)3/h5-8,17H,4,9-10H2,1-3H3. The Morgan fingerprint density at radius 2 is 2.11 bits per heavy atom. The second-order valence-corrected chi connectivity index (χ2v) is 5.73. The van der Waals surface area contributed by atoms with Gasteiger partial charge in [0, 0.05) is 29.6 Å². The van der Waals surface area contributed by atoms with E-state index in [1.807, 2.05) is 17.9 Å². The van der Waals surface area contributed by atoms with Crippen molar-refractivity contribution >= 4 is 16.8 Å². The summed E-state index contributed by atoms with van der Waals surface area (Å²) in [6.45, 7) is 7.01. The van der Waals surface area contributed by atoms with E-state index < -0.39 is 0 Å². The number of hydrogen-bond donors (Lipinski definition) is 1. The highest BCUT2D eigenvalue weighted by molar-refractivity contribution is 5.86. The van der Waals surface area contributed by atoms with Gasteiger partial charge in [0.05, 0.1) is 5.54 Å². The van der Waals surface area contributed by atoms with Gasteiger partial charge in [-0.05, 0) is 31.9 Å². The second kappa shape index (κ2) is 4.12. The van der Waals surface area contributed by atoms with Crippen LogP contribution >= 0.6 is 0 Å². The van der Waals surface area contributed by atoms with Crippen LogP contribution in [0.4, 0.5) is 0 Å². The lowest BCUT2D eigenvalue weighted by atomic mass is 9.87. The number of fused-ring (bicyclic) bond motifs is 3. The molecule has 100 valence electrons. The number of nitrogens with zero attached hydrogens (tertiary/aromatic N) is 1. The Labute approximate surface area is 113 Å². The number of hydrogen-bond acceptors (Lipinski definition) is 1. The monoisotopic (exact) mass is 256 g/mol. The quantitative estimate of drug-likeness (QED) is 0.835. The number of H-pyrrole nitrogens is 1. The summed E-state index contributed by atoms with van der Waals surface area (Å²) < 4.78 is 0. The Morgan fingerprint density at radius 1 is 1.37 bits per heavy atom. The van der Waals surface area contributed by atoms with E-state index in [1.54, 1.807) is 0 Å². The topological polar surface area (TPSA) is 36.1 Å². The highest BCUT2D eigenvalue weighted by Gasteiger charge is 2.38. The fourth-order valence-corrected chi connectivity index (χ4v) is 3.25. The van der Waals surface area contributed by atoms with Crippen molar-refractivity contribution in [3.8, 4) is 0 Å². The van der Waals surface area contributed by atoms with Gasteiger partial charge >= 0.3 is 0 Å². The Hall–Kier alpha value is -1.77. The summed E-state index contributed by atoms with van der Waals surface area (Å²) in [6.07, 6.45) is 1.51. The van der Waals surface area contributed by atoms with Gasteiger partial charge in [-0.3, -0.25) is 4.79 Å². The molecule has 19 heavy (non-hydrogen) atoms. The maximum Gasteiger partial charge on any atom is 0.223 e. The van der Waals surface area contributed by atoms with Gasteiger partial charge in [-0.1, -0.05) is 25.1 Å². The number of aromatic nitrogens is 1. The third-order valence-electron chi connectivity index (χ3n) is 4.29. The fourth-order valence-electron chi connectivity index (χ4n) is 3.25. The second-order valence-electron chi connectivity index (χ2n) is 5.73. The van der Waals surface area contributed by atoms with Crippen molar-refractivity contribution in [1.82, 2.24) is 9.88 Å². The lowest BCUT2D eigenvalue weighted by molar-refractivity contribution is -0.137. The third-order valence-corrected chi connectivity index (χ3v) is 4.29. The summed E-state index contributed by atoms with van der Waals surface area (Å²) in [5.74, 6) is 0.231. The molecule has 0 fully saturated rings. The molecule has 0 unspecified atom stereocenters.